The van der Waals surface area contributed by atoms with Crippen LogP contribution in [0.4, 0.5) is 21.9 Å². The SMILES string of the molecule is Cc1ccc(C(=O)O)cc1NC(=O)C(Sc1cccc(NC(=O)N2c3ccccc3SC3C=CC=CC32)c1)c1ccccc1. The van der Waals surface area contributed by atoms with Gasteiger partial charge in [-0.2, -0.15) is 0 Å². The van der Waals surface area contributed by atoms with Crippen LogP contribution in [0.3, 0.4) is 0 Å². The number of allylic oxidation sites excluding steroid dienone is 2. The number of hydrogen-bond acceptors (Lipinski definition) is 5. The van der Waals surface area contributed by atoms with Crippen molar-refractivity contribution >= 4 is 58.5 Å². The first-order valence-corrected chi connectivity index (χ1v) is 15.8. The first-order valence-electron chi connectivity index (χ1n) is 14.0. The van der Waals surface area contributed by atoms with Gasteiger partial charge in [-0.25, -0.2) is 9.59 Å². The van der Waals surface area contributed by atoms with Crippen LogP contribution in [0.25, 0.3) is 0 Å². The smallest absolute Gasteiger partial charge is 0.335 e. The zero-order valence-corrected chi connectivity index (χ0v) is 25.3. The predicted octanol–water partition coefficient (Wildman–Crippen LogP) is 8.17. The Balaban J connectivity index is 1.24. The first kappa shape index (κ1) is 29.3. The zero-order chi connectivity index (χ0) is 30.6. The van der Waals surface area contributed by atoms with Gasteiger partial charge in [0.2, 0.25) is 5.91 Å². The number of benzene rings is 4. The van der Waals surface area contributed by atoms with E-state index in [1.54, 1.807) is 17.8 Å². The molecule has 0 spiro atoms. The molecule has 1 aliphatic heterocycles. The molecule has 3 atom stereocenters. The zero-order valence-electron chi connectivity index (χ0n) is 23.7. The van der Waals surface area contributed by atoms with Crippen LogP contribution in [0, 0.1) is 6.92 Å². The van der Waals surface area contributed by atoms with Gasteiger partial charge in [-0.1, -0.05) is 78.9 Å². The average Bonchev–Trinajstić information content (AvgIpc) is 3.03. The molecule has 220 valence electrons. The highest BCUT2D eigenvalue weighted by atomic mass is 32.2. The highest BCUT2D eigenvalue weighted by Gasteiger charge is 2.36. The highest BCUT2D eigenvalue weighted by molar-refractivity contribution is 8.00. The van der Waals surface area contributed by atoms with Crippen LogP contribution in [0.2, 0.25) is 0 Å². The summed E-state index contributed by atoms with van der Waals surface area (Å²) in [7, 11) is 0. The average molecular weight is 620 g/mol. The van der Waals surface area contributed by atoms with Crippen LogP contribution in [-0.4, -0.2) is 34.3 Å². The van der Waals surface area contributed by atoms with E-state index in [9.17, 15) is 19.5 Å². The molecule has 0 saturated heterocycles. The third kappa shape index (κ3) is 6.29. The van der Waals surface area contributed by atoms with Crippen molar-refractivity contribution in [3.05, 3.63) is 138 Å². The minimum Gasteiger partial charge on any atom is -0.478 e. The number of aromatic carboxylic acids is 1. The molecule has 0 radical (unpaired) electrons. The molecule has 3 amide bonds. The Morgan fingerprint density at radius 3 is 2.45 bits per heavy atom. The van der Waals surface area contributed by atoms with Crippen molar-refractivity contribution in [3.8, 4) is 0 Å². The number of carboxylic acids is 1. The van der Waals surface area contributed by atoms with E-state index in [4.69, 9.17) is 0 Å². The van der Waals surface area contributed by atoms with E-state index in [1.165, 1.54) is 23.9 Å². The molecule has 7 nitrogen and oxygen atoms in total. The van der Waals surface area contributed by atoms with Crippen molar-refractivity contribution in [3.63, 3.8) is 0 Å². The molecule has 4 aromatic carbocycles. The number of aryl methyl sites for hydroxylation is 1. The molecule has 6 rings (SSSR count). The van der Waals surface area contributed by atoms with Crippen molar-refractivity contribution in [2.45, 2.75) is 33.3 Å². The first-order chi connectivity index (χ1) is 21.4. The number of carbonyl (C=O) groups excluding carboxylic acids is 2. The Kier molecular flexibility index (Phi) is 8.58. The molecule has 1 aliphatic carbocycles. The lowest BCUT2D eigenvalue weighted by Gasteiger charge is -2.40. The maximum absolute atomic E-state index is 13.8. The van der Waals surface area contributed by atoms with Crippen LogP contribution >= 0.6 is 23.5 Å². The van der Waals surface area contributed by atoms with Gasteiger partial charge in [0.1, 0.15) is 5.25 Å². The summed E-state index contributed by atoms with van der Waals surface area (Å²) in [6, 6.07) is 29.1. The fourth-order valence-corrected chi connectivity index (χ4v) is 7.52. The number of nitrogens with zero attached hydrogens (tertiary/aromatic N) is 1. The summed E-state index contributed by atoms with van der Waals surface area (Å²) in [5.41, 5.74) is 3.57. The number of thioether (sulfide) groups is 2. The van der Waals surface area contributed by atoms with Crippen LogP contribution in [0.15, 0.2) is 131 Å². The maximum atomic E-state index is 13.8. The van der Waals surface area contributed by atoms with E-state index in [1.807, 2.05) is 103 Å². The molecule has 0 saturated carbocycles. The van der Waals surface area contributed by atoms with Gasteiger partial charge in [-0.3, -0.25) is 9.69 Å². The third-order valence-corrected chi connectivity index (χ3v) is 9.94. The summed E-state index contributed by atoms with van der Waals surface area (Å²) in [5.74, 6) is -1.35. The van der Waals surface area contributed by atoms with E-state index in [-0.39, 0.29) is 28.8 Å². The highest BCUT2D eigenvalue weighted by Crippen LogP contribution is 2.44. The van der Waals surface area contributed by atoms with Gasteiger partial charge >= 0.3 is 12.0 Å². The van der Waals surface area contributed by atoms with E-state index in [0.717, 1.165) is 26.6 Å². The second-order valence-corrected chi connectivity index (χ2v) is 12.8. The van der Waals surface area contributed by atoms with E-state index >= 15 is 0 Å². The molecule has 3 N–H and O–H groups in total. The second-order valence-electron chi connectivity index (χ2n) is 10.4. The topological polar surface area (TPSA) is 98.7 Å². The number of para-hydroxylation sites is 1. The van der Waals surface area contributed by atoms with Crippen molar-refractivity contribution in [2.75, 3.05) is 15.5 Å². The van der Waals surface area contributed by atoms with Gasteiger partial charge < -0.3 is 15.7 Å². The summed E-state index contributed by atoms with van der Waals surface area (Å²) in [6.07, 6.45) is 8.16. The molecule has 1 heterocycles. The van der Waals surface area contributed by atoms with Gasteiger partial charge in [0, 0.05) is 21.2 Å². The fraction of sp³-hybridized carbons (Fsp3) is 0.114. The van der Waals surface area contributed by atoms with Crippen molar-refractivity contribution in [1.82, 2.24) is 0 Å². The third-order valence-electron chi connectivity index (χ3n) is 7.38. The molecular weight excluding hydrogens is 591 g/mol. The minimum atomic E-state index is -1.06. The lowest BCUT2D eigenvalue weighted by Crippen LogP contribution is -2.49. The van der Waals surface area contributed by atoms with Gasteiger partial charge in [0.15, 0.2) is 0 Å². The number of anilines is 3. The molecule has 44 heavy (non-hydrogen) atoms. The number of nitrogens with one attached hydrogen (secondary N) is 2. The quantitative estimate of drug-likeness (QED) is 0.181. The summed E-state index contributed by atoms with van der Waals surface area (Å²) in [6.45, 7) is 1.82. The molecule has 0 aromatic heterocycles. The number of urea groups is 1. The Labute approximate surface area is 264 Å². The van der Waals surface area contributed by atoms with Crippen LogP contribution in [0.5, 0.6) is 0 Å². The number of hydrogen-bond donors (Lipinski definition) is 3. The van der Waals surface area contributed by atoms with Crippen molar-refractivity contribution in [2.24, 2.45) is 0 Å². The van der Waals surface area contributed by atoms with Crippen molar-refractivity contribution < 1.29 is 19.5 Å². The summed E-state index contributed by atoms with van der Waals surface area (Å²) < 4.78 is 0. The molecular formula is C35H29N3O4S2. The number of carboxylic acid groups (broad SMARTS) is 1. The second kappa shape index (κ2) is 12.9. The Hall–Kier alpha value is -4.73. The lowest BCUT2D eigenvalue weighted by atomic mass is 10.1. The van der Waals surface area contributed by atoms with Crippen LogP contribution < -0.4 is 15.5 Å². The standard InChI is InChI=1S/C35H29N3O4S2/c1-22-18-19-24(34(40)41)20-27(22)37-33(39)32(23-10-3-2-4-11-23)43-26-13-9-12-25(21-26)36-35(42)38-28-14-5-7-16-30(28)44-31-17-8-6-15-29(31)38/h2-21,28,30,32H,1H3,(H,36,42)(H,37,39)(H,40,41). The summed E-state index contributed by atoms with van der Waals surface area (Å²) >= 11 is 3.10. The Bertz CT molecular complexity index is 1790. The molecule has 9 heteroatoms. The van der Waals surface area contributed by atoms with Gasteiger partial charge in [0.25, 0.3) is 0 Å². The molecule has 3 unspecified atom stereocenters. The van der Waals surface area contributed by atoms with Crippen molar-refractivity contribution in [1.29, 1.82) is 0 Å². The Morgan fingerprint density at radius 2 is 1.64 bits per heavy atom. The molecule has 2 aliphatic rings. The number of amides is 3. The van der Waals surface area contributed by atoms with Gasteiger partial charge in [0.05, 0.1) is 22.5 Å². The number of rotatable bonds is 7. The van der Waals surface area contributed by atoms with Gasteiger partial charge in [-0.05, 0) is 60.5 Å². The normalized spacial score (nSPS) is 17.2. The molecule has 0 bridgehead atoms. The van der Waals surface area contributed by atoms with E-state index in [0.29, 0.717) is 11.4 Å². The Morgan fingerprint density at radius 1 is 0.864 bits per heavy atom. The summed E-state index contributed by atoms with van der Waals surface area (Å²) in [5, 5.41) is 14.9. The van der Waals surface area contributed by atoms with Gasteiger partial charge in [-0.15, -0.1) is 23.5 Å². The number of carbonyl (C=O) groups is 3. The monoisotopic (exact) mass is 619 g/mol. The lowest BCUT2D eigenvalue weighted by molar-refractivity contribution is -0.115. The summed E-state index contributed by atoms with van der Waals surface area (Å²) in [4.78, 5) is 42.7. The minimum absolute atomic E-state index is 0.0965. The van der Waals surface area contributed by atoms with E-state index in [2.05, 4.69) is 22.8 Å². The fourth-order valence-electron chi connectivity index (χ4n) is 5.18. The number of fused-ring (bicyclic) bond motifs is 2. The largest absolute Gasteiger partial charge is 0.478 e. The maximum Gasteiger partial charge on any atom is 0.335 e. The molecule has 0 fully saturated rings. The van der Waals surface area contributed by atoms with Crippen LogP contribution in [-0.2, 0) is 4.79 Å². The van der Waals surface area contributed by atoms with Crippen LogP contribution in [0.1, 0.15) is 26.7 Å². The predicted molar refractivity (Wildman–Crippen MR) is 178 cm³/mol. The molecule has 4 aromatic rings. The van der Waals surface area contributed by atoms with E-state index < -0.39 is 11.2 Å².